The number of carbonyl (C=O) groups excluding carboxylic acids is 1. The lowest BCUT2D eigenvalue weighted by atomic mass is 9.98. The van der Waals surface area contributed by atoms with E-state index in [1.807, 2.05) is 25.1 Å². The predicted octanol–water partition coefficient (Wildman–Crippen LogP) is 2.06. The molecule has 0 N–H and O–H groups in total. The molecule has 1 heterocycles. The summed E-state index contributed by atoms with van der Waals surface area (Å²) in [5.41, 5.74) is 1.77. The number of amides is 1. The number of hydrogen-bond acceptors (Lipinski definition) is 3. The van der Waals surface area contributed by atoms with Gasteiger partial charge in [0, 0.05) is 12.7 Å². The molecule has 0 fully saturated rings. The summed E-state index contributed by atoms with van der Waals surface area (Å²) in [6.45, 7) is 2.50. The minimum atomic E-state index is -0.347. The number of benzene rings is 1. The van der Waals surface area contributed by atoms with Gasteiger partial charge in [-0.25, -0.2) is 0 Å². The second kappa shape index (κ2) is 4.46. The average molecular weight is 230 g/mol. The normalized spacial score (nSPS) is 17.8. The van der Waals surface area contributed by atoms with Crippen LogP contribution in [-0.2, 0) is 4.79 Å². The van der Waals surface area contributed by atoms with Gasteiger partial charge in [0.15, 0.2) is 0 Å². The van der Waals surface area contributed by atoms with Crippen molar-refractivity contribution in [1.82, 2.24) is 0 Å². The Hall–Kier alpha value is -2.02. The van der Waals surface area contributed by atoms with Crippen molar-refractivity contribution < 1.29 is 9.53 Å². The maximum absolute atomic E-state index is 12.0. The Balaban J connectivity index is 2.42. The van der Waals surface area contributed by atoms with E-state index in [4.69, 9.17) is 10.00 Å². The Labute approximate surface area is 100 Å². The molecule has 17 heavy (non-hydrogen) atoms. The lowest BCUT2D eigenvalue weighted by Crippen LogP contribution is -2.23. The monoisotopic (exact) mass is 230 g/mol. The van der Waals surface area contributed by atoms with Crippen LogP contribution in [0.3, 0.4) is 0 Å². The molecule has 2 rings (SSSR count). The highest BCUT2D eigenvalue weighted by molar-refractivity contribution is 6.04. The van der Waals surface area contributed by atoms with Crippen molar-refractivity contribution in [3.8, 4) is 11.8 Å². The van der Waals surface area contributed by atoms with Crippen LogP contribution in [0.4, 0.5) is 5.69 Å². The van der Waals surface area contributed by atoms with Gasteiger partial charge < -0.3 is 9.64 Å². The second-order valence-corrected chi connectivity index (χ2v) is 3.97. The van der Waals surface area contributed by atoms with Gasteiger partial charge in [-0.2, -0.15) is 5.26 Å². The molecular weight excluding hydrogens is 216 g/mol. The Bertz CT molecular complexity index is 491. The fraction of sp³-hybridized carbons (Fsp3) is 0.385. The van der Waals surface area contributed by atoms with Crippen LogP contribution in [0.1, 0.15) is 24.8 Å². The van der Waals surface area contributed by atoms with Crippen molar-refractivity contribution in [3.63, 3.8) is 0 Å². The quantitative estimate of drug-likeness (QED) is 0.798. The largest absolute Gasteiger partial charge is 0.494 e. The maximum atomic E-state index is 12.0. The van der Waals surface area contributed by atoms with Gasteiger partial charge in [-0.3, -0.25) is 4.79 Å². The second-order valence-electron chi connectivity index (χ2n) is 3.97. The molecule has 0 saturated heterocycles. The molecular formula is C13H14N2O2. The summed E-state index contributed by atoms with van der Waals surface area (Å²) in [4.78, 5) is 13.6. The Morgan fingerprint density at radius 1 is 1.53 bits per heavy atom. The first-order chi connectivity index (χ1) is 8.19. The van der Waals surface area contributed by atoms with Crippen molar-refractivity contribution in [2.75, 3.05) is 18.6 Å². The Morgan fingerprint density at radius 2 is 2.29 bits per heavy atom. The van der Waals surface area contributed by atoms with Crippen LogP contribution in [0.25, 0.3) is 0 Å². The van der Waals surface area contributed by atoms with Gasteiger partial charge in [0.05, 0.1) is 25.0 Å². The number of rotatable bonds is 3. The first-order valence-corrected chi connectivity index (χ1v) is 5.60. The molecule has 0 aromatic heterocycles. The number of ether oxygens (including phenoxy) is 1. The number of nitrogens with zero attached hydrogens (tertiary/aromatic N) is 2. The molecule has 1 aliphatic rings. The summed E-state index contributed by atoms with van der Waals surface area (Å²) in [6.07, 6.45) is 0.214. The number of fused-ring (bicyclic) bond motifs is 1. The third-order valence-corrected chi connectivity index (χ3v) is 2.97. The maximum Gasteiger partial charge on any atom is 0.235 e. The van der Waals surface area contributed by atoms with Gasteiger partial charge in [0.2, 0.25) is 5.91 Å². The van der Waals surface area contributed by atoms with Gasteiger partial charge in [0.1, 0.15) is 5.75 Å². The molecule has 4 heteroatoms. The molecule has 0 bridgehead atoms. The van der Waals surface area contributed by atoms with Crippen molar-refractivity contribution in [3.05, 3.63) is 23.8 Å². The van der Waals surface area contributed by atoms with Gasteiger partial charge >= 0.3 is 0 Å². The third-order valence-electron chi connectivity index (χ3n) is 2.97. The lowest BCUT2D eigenvalue weighted by molar-refractivity contribution is -0.118. The summed E-state index contributed by atoms with van der Waals surface area (Å²) in [7, 11) is 1.74. The van der Waals surface area contributed by atoms with Crippen molar-refractivity contribution >= 4 is 11.6 Å². The Morgan fingerprint density at radius 3 is 2.94 bits per heavy atom. The summed E-state index contributed by atoms with van der Waals surface area (Å²) in [5, 5.41) is 8.78. The average Bonchev–Trinajstić information content (AvgIpc) is 2.55. The zero-order valence-corrected chi connectivity index (χ0v) is 9.93. The first kappa shape index (κ1) is 11.5. The molecule has 1 amide bonds. The summed E-state index contributed by atoms with van der Waals surface area (Å²) in [5.74, 6) is 0.382. The minimum Gasteiger partial charge on any atom is -0.494 e. The molecule has 0 spiro atoms. The van der Waals surface area contributed by atoms with E-state index in [1.165, 1.54) is 0 Å². The van der Waals surface area contributed by atoms with Gasteiger partial charge in [-0.1, -0.05) is 0 Å². The van der Waals surface area contributed by atoms with Crippen LogP contribution in [-0.4, -0.2) is 19.6 Å². The van der Waals surface area contributed by atoms with Gasteiger partial charge in [0.25, 0.3) is 0 Å². The molecule has 0 aliphatic carbocycles. The van der Waals surface area contributed by atoms with E-state index in [0.29, 0.717) is 6.61 Å². The third kappa shape index (κ3) is 1.84. The number of anilines is 1. The summed E-state index contributed by atoms with van der Waals surface area (Å²) >= 11 is 0. The molecule has 1 aliphatic heterocycles. The van der Waals surface area contributed by atoms with E-state index in [-0.39, 0.29) is 18.2 Å². The van der Waals surface area contributed by atoms with Gasteiger partial charge in [-0.05, 0) is 30.7 Å². The highest BCUT2D eigenvalue weighted by Crippen LogP contribution is 2.40. The van der Waals surface area contributed by atoms with Crippen LogP contribution in [0.2, 0.25) is 0 Å². The molecule has 4 nitrogen and oxygen atoms in total. The van der Waals surface area contributed by atoms with Crippen LogP contribution >= 0.6 is 0 Å². The Kier molecular flexibility index (Phi) is 3.01. The topological polar surface area (TPSA) is 53.3 Å². The molecule has 1 aromatic rings. The fourth-order valence-electron chi connectivity index (χ4n) is 2.15. The summed E-state index contributed by atoms with van der Waals surface area (Å²) in [6, 6.07) is 7.65. The van der Waals surface area contributed by atoms with E-state index in [0.717, 1.165) is 17.0 Å². The number of likely N-dealkylation sites (N-methyl/N-ethyl adjacent to an activating group) is 1. The highest BCUT2D eigenvalue weighted by Gasteiger charge is 2.35. The van der Waals surface area contributed by atoms with E-state index in [1.54, 1.807) is 11.9 Å². The van der Waals surface area contributed by atoms with E-state index in [2.05, 4.69) is 6.07 Å². The lowest BCUT2D eigenvalue weighted by Gasteiger charge is -2.10. The predicted molar refractivity (Wildman–Crippen MR) is 64.0 cm³/mol. The van der Waals surface area contributed by atoms with E-state index < -0.39 is 0 Å². The first-order valence-electron chi connectivity index (χ1n) is 5.60. The molecule has 0 radical (unpaired) electrons. The molecule has 0 saturated carbocycles. The number of nitriles is 1. The van der Waals surface area contributed by atoms with Crippen molar-refractivity contribution in [2.45, 2.75) is 19.3 Å². The van der Waals surface area contributed by atoms with Crippen LogP contribution in [0.15, 0.2) is 18.2 Å². The van der Waals surface area contributed by atoms with Crippen LogP contribution in [0, 0.1) is 11.3 Å². The molecule has 88 valence electrons. The van der Waals surface area contributed by atoms with Crippen molar-refractivity contribution in [1.29, 1.82) is 5.26 Å². The minimum absolute atomic E-state index is 0.0183. The fourth-order valence-corrected chi connectivity index (χ4v) is 2.15. The zero-order chi connectivity index (χ0) is 12.4. The zero-order valence-electron chi connectivity index (χ0n) is 9.93. The van der Waals surface area contributed by atoms with E-state index >= 15 is 0 Å². The smallest absolute Gasteiger partial charge is 0.235 e. The van der Waals surface area contributed by atoms with E-state index in [9.17, 15) is 4.79 Å². The molecule has 0 unspecified atom stereocenters. The van der Waals surface area contributed by atoms with Crippen LogP contribution in [0.5, 0.6) is 5.75 Å². The van der Waals surface area contributed by atoms with Gasteiger partial charge in [-0.15, -0.1) is 0 Å². The SMILES string of the molecule is CCOc1ccc2c(c1)[C@H](CC#N)C(=O)N2C. The highest BCUT2D eigenvalue weighted by atomic mass is 16.5. The standard InChI is InChI=1S/C13H14N2O2/c1-3-17-9-4-5-12-11(8-9)10(6-7-14)13(16)15(12)2/h4-5,8,10H,3,6H2,1-2H3/t10-/m0/s1. The number of hydrogen-bond donors (Lipinski definition) is 0. The van der Waals surface area contributed by atoms with Crippen molar-refractivity contribution in [2.24, 2.45) is 0 Å². The summed E-state index contributed by atoms with van der Waals surface area (Å²) < 4.78 is 5.42. The van der Waals surface area contributed by atoms with Crippen LogP contribution < -0.4 is 9.64 Å². The molecule has 1 atom stereocenters. The molecule has 1 aromatic carbocycles. The number of carbonyl (C=O) groups is 1.